The number of phenols is 1. The van der Waals surface area contributed by atoms with Crippen LogP contribution in [0.4, 0.5) is 5.69 Å². The molecular weight excluding hydrogens is 214 g/mol. The minimum absolute atomic E-state index is 0.0678. The van der Waals surface area contributed by atoms with Crippen LogP contribution < -0.4 is 5.73 Å². The lowest BCUT2D eigenvalue weighted by Gasteiger charge is -2.07. The van der Waals surface area contributed by atoms with Gasteiger partial charge in [0.1, 0.15) is 5.56 Å². The molecule has 1 aromatic carbocycles. The van der Waals surface area contributed by atoms with Gasteiger partial charge in [-0.1, -0.05) is 0 Å². The Kier molecular flexibility index (Phi) is 3.34. The van der Waals surface area contributed by atoms with Crippen molar-refractivity contribution in [3.8, 4) is 5.75 Å². The molecule has 0 unspecified atom stereocenters. The van der Waals surface area contributed by atoms with E-state index in [-0.39, 0.29) is 16.8 Å². The molecule has 0 heterocycles. The third-order valence-electron chi connectivity index (χ3n) is 1.97. The maximum absolute atomic E-state index is 11.3. The lowest BCUT2D eigenvalue weighted by atomic mass is 10.1. The van der Waals surface area contributed by atoms with E-state index in [1.807, 2.05) is 0 Å². The molecule has 0 radical (unpaired) electrons. The fraction of sp³-hybridized carbons (Fsp3) is 0.200. The second-order valence-electron chi connectivity index (χ2n) is 2.94. The summed E-state index contributed by atoms with van der Waals surface area (Å²) in [6.07, 6.45) is 0. The van der Waals surface area contributed by atoms with E-state index >= 15 is 0 Å². The molecular formula is C10H11NO5. The van der Waals surface area contributed by atoms with Gasteiger partial charge in [0.2, 0.25) is 0 Å². The topological polar surface area (TPSA) is 98.9 Å². The summed E-state index contributed by atoms with van der Waals surface area (Å²) in [6, 6.07) is 2.37. The lowest BCUT2D eigenvalue weighted by molar-refractivity contribution is 0.0597. The quantitative estimate of drug-likeness (QED) is 0.433. The highest BCUT2D eigenvalue weighted by atomic mass is 16.5. The zero-order chi connectivity index (χ0) is 12.3. The molecule has 0 aliphatic carbocycles. The predicted molar refractivity (Wildman–Crippen MR) is 55.2 cm³/mol. The summed E-state index contributed by atoms with van der Waals surface area (Å²) in [6.45, 7) is 0. The average Bonchev–Trinajstić information content (AvgIpc) is 2.30. The zero-order valence-corrected chi connectivity index (χ0v) is 8.81. The number of esters is 2. The van der Waals surface area contributed by atoms with Crippen molar-refractivity contribution in [3.63, 3.8) is 0 Å². The Hall–Kier alpha value is -2.24. The van der Waals surface area contributed by atoms with Crippen molar-refractivity contribution in [2.75, 3.05) is 20.0 Å². The highest BCUT2D eigenvalue weighted by Gasteiger charge is 2.18. The maximum atomic E-state index is 11.3. The summed E-state index contributed by atoms with van der Waals surface area (Å²) < 4.78 is 8.91. The predicted octanol–water partition coefficient (Wildman–Crippen LogP) is 0.548. The van der Waals surface area contributed by atoms with Gasteiger partial charge < -0.3 is 20.3 Å². The number of hydrogen-bond acceptors (Lipinski definition) is 6. The first-order chi connectivity index (χ1) is 7.51. The molecule has 6 heteroatoms. The molecule has 0 atom stereocenters. The van der Waals surface area contributed by atoms with E-state index in [4.69, 9.17) is 5.73 Å². The summed E-state index contributed by atoms with van der Waals surface area (Å²) in [4.78, 5) is 22.5. The van der Waals surface area contributed by atoms with Crippen molar-refractivity contribution in [1.82, 2.24) is 0 Å². The fourth-order valence-corrected chi connectivity index (χ4v) is 1.16. The monoisotopic (exact) mass is 225 g/mol. The van der Waals surface area contributed by atoms with Crippen LogP contribution in [0.25, 0.3) is 0 Å². The van der Waals surface area contributed by atoms with Crippen molar-refractivity contribution >= 4 is 17.6 Å². The number of aromatic hydroxyl groups is 1. The van der Waals surface area contributed by atoms with Crippen LogP contribution in [-0.2, 0) is 9.47 Å². The molecule has 0 aliphatic rings. The largest absolute Gasteiger partial charge is 0.505 e. The number of benzene rings is 1. The molecule has 0 saturated carbocycles. The number of ether oxygens (including phenoxy) is 2. The Morgan fingerprint density at radius 2 is 1.75 bits per heavy atom. The van der Waals surface area contributed by atoms with Crippen molar-refractivity contribution in [1.29, 1.82) is 0 Å². The Morgan fingerprint density at radius 1 is 1.19 bits per heavy atom. The highest BCUT2D eigenvalue weighted by Crippen LogP contribution is 2.27. The van der Waals surface area contributed by atoms with Crippen LogP contribution in [0.3, 0.4) is 0 Å². The number of carbonyl (C=O) groups excluding carboxylic acids is 2. The van der Waals surface area contributed by atoms with Gasteiger partial charge in [0.15, 0.2) is 5.75 Å². The lowest BCUT2D eigenvalue weighted by Crippen LogP contribution is -2.08. The number of phenolic OH excluding ortho intramolecular Hbond substituents is 1. The van der Waals surface area contributed by atoms with Gasteiger partial charge in [-0.2, -0.15) is 0 Å². The molecule has 0 aromatic heterocycles. The van der Waals surface area contributed by atoms with E-state index in [1.165, 1.54) is 13.2 Å². The smallest absolute Gasteiger partial charge is 0.341 e. The maximum Gasteiger partial charge on any atom is 0.341 e. The number of rotatable bonds is 2. The molecule has 0 bridgehead atoms. The van der Waals surface area contributed by atoms with Gasteiger partial charge in [-0.25, -0.2) is 9.59 Å². The Morgan fingerprint density at radius 3 is 2.25 bits per heavy atom. The Balaban J connectivity index is 3.33. The fourth-order valence-electron chi connectivity index (χ4n) is 1.16. The van der Waals surface area contributed by atoms with Crippen LogP contribution in [0, 0.1) is 0 Å². The van der Waals surface area contributed by atoms with E-state index in [0.717, 1.165) is 13.2 Å². The first-order valence-corrected chi connectivity index (χ1v) is 4.30. The van der Waals surface area contributed by atoms with Crippen molar-refractivity contribution in [2.45, 2.75) is 0 Å². The van der Waals surface area contributed by atoms with Gasteiger partial charge in [0.05, 0.1) is 25.5 Å². The Bertz CT molecular complexity index is 441. The standard InChI is InChI=1S/C10H11NO5/c1-15-9(13)5-3-6(10(14)16-2)8(12)7(11)4-5/h3-4,12H,11H2,1-2H3. The number of nitrogens with two attached hydrogens (primary N) is 1. The molecule has 1 rings (SSSR count). The molecule has 1 aromatic rings. The first kappa shape index (κ1) is 11.8. The number of methoxy groups -OCH3 is 2. The van der Waals surface area contributed by atoms with Crippen molar-refractivity contribution in [2.24, 2.45) is 0 Å². The van der Waals surface area contributed by atoms with E-state index < -0.39 is 17.7 Å². The summed E-state index contributed by atoms with van der Waals surface area (Å²) in [7, 11) is 2.35. The van der Waals surface area contributed by atoms with Crippen molar-refractivity contribution in [3.05, 3.63) is 23.3 Å². The number of anilines is 1. The normalized spacial score (nSPS) is 9.62. The molecule has 6 nitrogen and oxygen atoms in total. The minimum atomic E-state index is -0.782. The molecule has 86 valence electrons. The van der Waals surface area contributed by atoms with Crippen molar-refractivity contribution < 1.29 is 24.2 Å². The summed E-state index contributed by atoms with van der Waals surface area (Å²) in [5, 5.41) is 9.50. The summed E-state index contributed by atoms with van der Waals surface area (Å²) in [5.41, 5.74) is 5.24. The average molecular weight is 225 g/mol. The van der Waals surface area contributed by atoms with Crippen LogP contribution in [0.5, 0.6) is 5.75 Å². The van der Waals surface area contributed by atoms with Crippen LogP contribution in [0.15, 0.2) is 12.1 Å². The van der Waals surface area contributed by atoms with Gasteiger partial charge in [0.25, 0.3) is 0 Å². The van der Waals surface area contributed by atoms with Gasteiger partial charge in [-0.05, 0) is 12.1 Å². The van der Waals surface area contributed by atoms with E-state index in [9.17, 15) is 14.7 Å². The molecule has 0 spiro atoms. The number of hydrogen-bond donors (Lipinski definition) is 2. The molecule has 3 N–H and O–H groups in total. The van der Waals surface area contributed by atoms with E-state index in [0.29, 0.717) is 0 Å². The van der Waals surface area contributed by atoms with E-state index in [1.54, 1.807) is 0 Å². The summed E-state index contributed by atoms with van der Waals surface area (Å²) >= 11 is 0. The van der Waals surface area contributed by atoms with Gasteiger partial charge in [-0.15, -0.1) is 0 Å². The SMILES string of the molecule is COC(=O)c1cc(N)c(O)c(C(=O)OC)c1. The van der Waals surface area contributed by atoms with Gasteiger partial charge in [-0.3, -0.25) is 0 Å². The highest BCUT2D eigenvalue weighted by molar-refractivity contribution is 5.99. The van der Waals surface area contributed by atoms with Crippen LogP contribution in [-0.4, -0.2) is 31.3 Å². The third-order valence-corrected chi connectivity index (χ3v) is 1.97. The van der Waals surface area contributed by atoms with Gasteiger partial charge in [0, 0.05) is 0 Å². The molecule has 0 fully saturated rings. The molecule has 0 aliphatic heterocycles. The van der Waals surface area contributed by atoms with Crippen LogP contribution in [0.1, 0.15) is 20.7 Å². The second-order valence-corrected chi connectivity index (χ2v) is 2.94. The molecule has 16 heavy (non-hydrogen) atoms. The van der Waals surface area contributed by atoms with Crippen LogP contribution >= 0.6 is 0 Å². The zero-order valence-electron chi connectivity index (χ0n) is 8.81. The number of nitrogen functional groups attached to an aromatic ring is 1. The van der Waals surface area contributed by atoms with Gasteiger partial charge >= 0.3 is 11.9 Å². The summed E-state index contributed by atoms with van der Waals surface area (Å²) in [5.74, 6) is -1.86. The first-order valence-electron chi connectivity index (χ1n) is 4.30. The third kappa shape index (κ3) is 2.05. The van der Waals surface area contributed by atoms with Crippen LogP contribution in [0.2, 0.25) is 0 Å². The minimum Gasteiger partial charge on any atom is -0.505 e. The van der Waals surface area contributed by atoms with E-state index in [2.05, 4.69) is 9.47 Å². The molecule has 0 amide bonds. The second kappa shape index (κ2) is 4.52. The number of carbonyl (C=O) groups is 2. The Labute approximate surface area is 91.6 Å². The molecule has 0 saturated heterocycles.